The lowest BCUT2D eigenvalue weighted by Gasteiger charge is -2.28. The Bertz CT molecular complexity index is 1340. The molecule has 0 saturated heterocycles. The van der Waals surface area contributed by atoms with Crippen molar-refractivity contribution in [3.8, 4) is 17.3 Å². The van der Waals surface area contributed by atoms with Crippen molar-refractivity contribution >= 4 is 22.6 Å². The van der Waals surface area contributed by atoms with Crippen molar-refractivity contribution in [2.45, 2.75) is 57.9 Å². The zero-order valence-corrected chi connectivity index (χ0v) is 19.2. The summed E-state index contributed by atoms with van der Waals surface area (Å²) in [5.41, 5.74) is 6.97. The number of benzene rings is 1. The molecule has 0 bridgehead atoms. The van der Waals surface area contributed by atoms with Gasteiger partial charge in [0.2, 0.25) is 5.92 Å². The van der Waals surface area contributed by atoms with Gasteiger partial charge in [-0.1, -0.05) is 12.1 Å². The van der Waals surface area contributed by atoms with Gasteiger partial charge < -0.3 is 5.32 Å². The van der Waals surface area contributed by atoms with Crippen LogP contribution in [0.4, 0.5) is 14.5 Å². The molecule has 2 aliphatic rings. The fraction of sp³-hybridized carbons (Fsp3) is 0.385. The molecule has 8 heteroatoms. The number of hydrogen-bond acceptors (Lipinski definition) is 5. The molecule has 174 valence electrons. The Morgan fingerprint density at radius 2 is 1.91 bits per heavy atom. The molecule has 1 aliphatic carbocycles. The maximum atomic E-state index is 13.6. The molecule has 6 nitrogen and oxygen atoms in total. The molecule has 0 amide bonds. The van der Waals surface area contributed by atoms with Crippen LogP contribution in [0.2, 0.25) is 0 Å². The summed E-state index contributed by atoms with van der Waals surface area (Å²) in [6.45, 7) is 4.16. The molecule has 3 heterocycles. The Morgan fingerprint density at radius 1 is 1.12 bits per heavy atom. The summed E-state index contributed by atoms with van der Waals surface area (Å²) in [6.07, 6.45) is 2.94. The Morgan fingerprint density at radius 3 is 2.65 bits per heavy atom. The molecule has 5 rings (SSSR count). The van der Waals surface area contributed by atoms with E-state index in [4.69, 9.17) is 5.26 Å². The molecular weight excluding hydrogens is 434 g/mol. The summed E-state index contributed by atoms with van der Waals surface area (Å²) in [5, 5.41) is 26.0. The summed E-state index contributed by atoms with van der Waals surface area (Å²) in [6, 6.07) is 14.2. The minimum absolute atomic E-state index is 0.0734. The van der Waals surface area contributed by atoms with Gasteiger partial charge in [0, 0.05) is 47.8 Å². The lowest BCUT2D eigenvalue weighted by Crippen LogP contribution is -2.28. The molecule has 1 aromatic carbocycles. The van der Waals surface area contributed by atoms with E-state index in [1.165, 1.54) is 0 Å². The van der Waals surface area contributed by atoms with Crippen molar-refractivity contribution in [2.75, 3.05) is 5.32 Å². The maximum absolute atomic E-state index is 13.6. The van der Waals surface area contributed by atoms with Gasteiger partial charge in [-0.2, -0.15) is 20.6 Å². The lowest BCUT2D eigenvalue weighted by atomic mass is 9.82. The van der Waals surface area contributed by atoms with E-state index in [-0.39, 0.29) is 24.8 Å². The van der Waals surface area contributed by atoms with E-state index in [0.717, 1.165) is 39.4 Å². The van der Waals surface area contributed by atoms with E-state index < -0.39 is 5.92 Å². The van der Waals surface area contributed by atoms with Gasteiger partial charge in [-0.3, -0.25) is 0 Å². The highest BCUT2D eigenvalue weighted by atomic mass is 19.3. The van der Waals surface area contributed by atoms with Crippen molar-refractivity contribution in [1.29, 1.82) is 5.26 Å². The summed E-state index contributed by atoms with van der Waals surface area (Å²) in [5.74, 6) is -2.46. The Labute approximate surface area is 197 Å². The Kier molecular flexibility index (Phi) is 5.64. The average Bonchev–Trinajstić information content (AvgIpc) is 3.45. The number of aromatic nitrogens is 2. The first-order chi connectivity index (χ1) is 16.3. The van der Waals surface area contributed by atoms with Gasteiger partial charge in [0.05, 0.1) is 28.7 Å². The van der Waals surface area contributed by atoms with E-state index in [1.807, 2.05) is 34.8 Å². The molecule has 0 radical (unpaired) electrons. The van der Waals surface area contributed by atoms with Crippen molar-refractivity contribution in [3.05, 3.63) is 53.7 Å². The van der Waals surface area contributed by atoms with Crippen LogP contribution in [0.3, 0.4) is 0 Å². The van der Waals surface area contributed by atoms with Crippen molar-refractivity contribution < 1.29 is 8.78 Å². The minimum atomic E-state index is -2.54. The second-order valence-electron chi connectivity index (χ2n) is 9.42. The smallest absolute Gasteiger partial charge is 0.248 e. The fourth-order valence-corrected chi connectivity index (χ4v) is 4.78. The zero-order valence-electron chi connectivity index (χ0n) is 19.2. The molecule has 0 unspecified atom stereocenters. The standard InChI is InChI=1S/C26H26F2N6/c1-16(2)31-23-12-19(25-6-4-20-11-17(14-29)15-30-34(20)25)3-5-21(23)24-13-22(32-33-24)18-7-9-26(27,28)10-8-18/h3-6,11-12,15-16,18,31H,7-10,13H2,1-2H3. The zero-order chi connectivity index (χ0) is 23.9. The van der Waals surface area contributed by atoms with Crippen molar-refractivity contribution in [1.82, 2.24) is 9.61 Å². The van der Waals surface area contributed by atoms with E-state index in [1.54, 1.807) is 6.20 Å². The highest BCUT2D eigenvalue weighted by Crippen LogP contribution is 2.38. The highest BCUT2D eigenvalue weighted by Gasteiger charge is 2.37. The Hall–Kier alpha value is -3.60. The average molecular weight is 461 g/mol. The highest BCUT2D eigenvalue weighted by molar-refractivity contribution is 6.18. The Balaban J connectivity index is 1.42. The van der Waals surface area contributed by atoms with Gasteiger partial charge in [0.25, 0.3) is 0 Å². The lowest BCUT2D eigenvalue weighted by molar-refractivity contribution is -0.0394. The molecule has 0 atom stereocenters. The van der Waals surface area contributed by atoms with Crippen LogP contribution in [0.5, 0.6) is 0 Å². The first kappa shape index (κ1) is 22.2. The van der Waals surface area contributed by atoms with E-state index in [9.17, 15) is 8.78 Å². The van der Waals surface area contributed by atoms with Crippen LogP contribution >= 0.6 is 0 Å². The topological polar surface area (TPSA) is 77.8 Å². The third kappa shape index (κ3) is 4.30. The number of halogens is 2. The monoisotopic (exact) mass is 460 g/mol. The van der Waals surface area contributed by atoms with Crippen molar-refractivity contribution in [2.24, 2.45) is 16.1 Å². The van der Waals surface area contributed by atoms with E-state index in [0.29, 0.717) is 24.8 Å². The van der Waals surface area contributed by atoms with Crippen LogP contribution in [-0.4, -0.2) is 33.0 Å². The molecule has 2 aromatic heterocycles. The fourth-order valence-electron chi connectivity index (χ4n) is 4.78. The quantitative estimate of drug-likeness (QED) is 0.502. The van der Waals surface area contributed by atoms with Crippen LogP contribution < -0.4 is 5.32 Å². The number of hydrogen-bond donors (Lipinski definition) is 1. The van der Waals surface area contributed by atoms with Crippen LogP contribution in [0.1, 0.15) is 57.1 Å². The maximum Gasteiger partial charge on any atom is 0.248 e. The summed E-state index contributed by atoms with van der Waals surface area (Å²) in [4.78, 5) is 0. The number of anilines is 1. The summed E-state index contributed by atoms with van der Waals surface area (Å²) >= 11 is 0. The number of nitrogens with zero attached hydrogens (tertiary/aromatic N) is 5. The van der Waals surface area contributed by atoms with Crippen LogP contribution in [0.25, 0.3) is 16.8 Å². The molecular formula is C26H26F2N6. The van der Waals surface area contributed by atoms with E-state index >= 15 is 0 Å². The van der Waals surface area contributed by atoms with Crippen LogP contribution in [-0.2, 0) is 0 Å². The first-order valence-corrected chi connectivity index (χ1v) is 11.6. The van der Waals surface area contributed by atoms with Gasteiger partial charge in [-0.05, 0) is 56.9 Å². The van der Waals surface area contributed by atoms with Gasteiger partial charge in [-0.25, -0.2) is 13.3 Å². The van der Waals surface area contributed by atoms with Gasteiger partial charge >= 0.3 is 0 Å². The van der Waals surface area contributed by atoms with E-state index in [2.05, 4.69) is 46.6 Å². The van der Waals surface area contributed by atoms with Gasteiger partial charge in [0.1, 0.15) is 6.07 Å². The summed E-state index contributed by atoms with van der Waals surface area (Å²) in [7, 11) is 0. The number of nitrogens with one attached hydrogen (secondary N) is 1. The molecule has 3 aromatic rings. The molecule has 0 spiro atoms. The first-order valence-electron chi connectivity index (χ1n) is 11.6. The number of alkyl halides is 2. The van der Waals surface area contributed by atoms with Crippen LogP contribution in [0, 0.1) is 17.2 Å². The van der Waals surface area contributed by atoms with Crippen LogP contribution in [0.15, 0.2) is 52.8 Å². The second-order valence-corrected chi connectivity index (χ2v) is 9.42. The van der Waals surface area contributed by atoms with Crippen molar-refractivity contribution in [3.63, 3.8) is 0 Å². The van der Waals surface area contributed by atoms with Gasteiger partial charge in [0.15, 0.2) is 0 Å². The van der Waals surface area contributed by atoms with Gasteiger partial charge in [-0.15, -0.1) is 0 Å². The normalized spacial score (nSPS) is 18.1. The third-order valence-electron chi connectivity index (χ3n) is 6.54. The molecule has 34 heavy (non-hydrogen) atoms. The second kappa shape index (κ2) is 8.64. The molecule has 1 saturated carbocycles. The molecule has 1 N–H and O–H groups in total. The number of rotatable bonds is 5. The predicted octanol–water partition coefficient (Wildman–Crippen LogP) is 6.07. The SMILES string of the molecule is CC(C)Nc1cc(-c2ccc3cc(C#N)cnn23)ccc1C1=NN=C(C2CCC(F)(F)CC2)C1. The number of nitriles is 1. The number of fused-ring (bicyclic) bond motifs is 1. The third-order valence-corrected chi connectivity index (χ3v) is 6.54. The summed E-state index contributed by atoms with van der Waals surface area (Å²) < 4.78 is 29.0. The largest absolute Gasteiger partial charge is 0.382 e. The predicted molar refractivity (Wildman–Crippen MR) is 130 cm³/mol. The molecule has 1 aliphatic heterocycles. The molecule has 1 fully saturated rings. The minimum Gasteiger partial charge on any atom is -0.382 e.